The van der Waals surface area contributed by atoms with Gasteiger partial charge in [-0.3, -0.25) is 9.97 Å². The Morgan fingerprint density at radius 1 is 0.358 bits per heavy atom. The van der Waals surface area contributed by atoms with Gasteiger partial charge in [0.15, 0.2) is 0 Å². The molecule has 4 heterocycles. The van der Waals surface area contributed by atoms with E-state index in [1.807, 2.05) is 0 Å². The van der Waals surface area contributed by atoms with Crippen LogP contribution in [0.15, 0.2) is 182 Å². The molecule has 0 bridgehead atoms. The number of aromatic nitrogens is 4. The van der Waals surface area contributed by atoms with Crippen molar-refractivity contribution in [2.75, 3.05) is 0 Å². The summed E-state index contributed by atoms with van der Waals surface area (Å²) in [5.41, 5.74) is 9.22. The number of pyridine rings is 2. The van der Waals surface area contributed by atoms with Gasteiger partial charge in [0.1, 0.15) is 0 Å². The van der Waals surface area contributed by atoms with Gasteiger partial charge in [-0.25, -0.2) is 0 Å². The average molecular weight is 697 g/mol. The van der Waals surface area contributed by atoms with Gasteiger partial charge in [0.2, 0.25) is 8.07 Å². The van der Waals surface area contributed by atoms with Crippen LogP contribution in [0.2, 0.25) is 0 Å². The Morgan fingerprint density at radius 2 is 0.679 bits per heavy atom. The number of nitrogens with zero attached hydrogens (tertiary/aromatic N) is 4. The summed E-state index contributed by atoms with van der Waals surface area (Å²) in [4.78, 5) is 10.9. The first kappa shape index (κ1) is 31.2. The van der Waals surface area contributed by atoms with Gasteiger partial charge in [-0.1, -0.05) is 132 Å². The third kappa shape index (κ3) is 4.81. The molecule has 0 radical (unpaired) electrons. The molecule has 0 unspecified atom stereocenters. The molecule has 252 valence electrons. The van der Waals surface area contributed by atoms with Crippen LogP contribution in [0.1, 0.15) is 11.1 Å². The van der Waals surface area contributed by atoms with Gasteiger partial charge < -0.3 is 9.13 Å². The van der Waals surface area contributed by atoms with Crippen LogP contribution in [0.3, 0.4) is 0 Å². The third-order valence-electron chi connectivity index (χ3n) is 10.9. The molecular weight excluding hydrogens is 661 g/mol. The lowest BCUT2D eigenvalue weighted by Crippen LogP contribution is -2.76. The molecule has 0 amide bonds. The lowest BCUT2D eigenvalue weighted by Gasteiger charge is -2.32. The van der Waals surface area contributed by atoms with Crippen LogP contribution in [0.4, 0.5) is 0 Å². The van der Waals surface area contributed by atoms with Crippen LogP contribution in [-0.2, 0) is 0 Å². The second-order valence-corrected chi connectivity index (χ2v) is 17.7. The lowest BCUT2D eigenvalue weighted by atomic mass is 10.2. The summed E-state index contributed by atoms with van der Waals surface area (Å²) in [6, 6.07) is 61.6. The zero-order valence-electron chi connectivity index (χ0n) is 29.6. The van der Waals surface area contributed by atoms with E-state index < -0.39 is 8.07 Å². The quantitative estimate of drug-likeness (QED) is 0.163. The molecule has 4 nitrogen and oxygen atoms in total. The smallest absolute Gasteiger partial charge is 0.223 e. The summed E-state index contributed by atoms with van der Waals surface area (Å²) in [6.45, 7) is 4.30. The summed E-state index contributed by atoms with van der Waals surface area (Å²) in [6.07, 6.45) is 4.12. The highest BCUT2D eigenvalue weighted by molar-refractivity contribution is 7.19. The van der Waals surface area contributed by atoms with Crippen LogP contribution in [0, 0.1) is 13.8 Å². The highest BCUT2D eigenvalue weighted by atomic mass is 28.3. The third-order valence-corrected chi connectivity index (χ3v) is 15.4. The number of fused-ring (bicyclic) bond motifs is 6. The molecule has 0 N–H and O–H groups in total. The van der Waals surface area contributed by atoms with Gasteiger partial charge in [0.25, 0.3) is 0 Å². The largest absolute Gasteiger partial charge is 0.308 e. The van der Waals surface area contributed by atoms with E-state index in [-0.39, 0.29) is 0 Å². The standard InChI is InChI=1S/C48H36N4Si/c1-33-19-25-37(26-20-33)53(38-27-21-34(2)22-28-38,47-29-23-35(31-49-47)51-43-15-7-3-11-39(43)40-12-4-8-16-44(40)51)48-30-24-36(32-50-48)52-45-17-9-5-13-41(45)42-14-6-10-18-46(42)52/h3-32H,1-2H3. The molecule has 0 aliphatic carbocycles. The first-order valence-electron chi connectivity index (χ1n) is 18.2. The van der Waals surface area contributed by atoms with E-state index in [0.717, 1.165) is 22.0 Å². The fraction of sp³-hybridized carbons (Fsp3) is 0.0417. The predicted octanol–water partition coefficient (Wildman–Crippen LogP) is 8.67. The van der Waals surface area contributed by atoms with Gasteiger partial charge >= 0.3 is 0 Å². The Morgan fingerprint density at radius 3 is 0.981 bits per heavy atom. The van der Waals surface area contributed by atoms with Crippen LogP contribution < -0.4 is 21.0 Å². The minimum Gasteiger partial charge on any atom is -0.308 e. The van der Waals surface area contributed by atoms with Crippen LogP contribution >= 0.6 is 0 Å². The van der Waals surface area contributed by atoms with Gasteiger partial charge in [0.05, 0.1) is 45.8 Å². The first-order valence-corrected chi connectivity index (χ1v) is 20.2. The Labute approximate surface area is 309 Å². The van der Waals surface area contributed by atoms with Crippen LogP contribution in [0.25, 0.3) is 55.0 Å². The average Bonchev–Trinajstić information content (AvgIpc) is 3.73. The van der Waals surface area contributed by atoms with E-state index in [1.165, 1.54) is 65.1 Å². The number of benzene rings is 6. The number of para-hydroxylation sites is 4. The lowest BCUT2D eigenvalue weighted by molar-refractivity contribution is 1.14. The Hall–Kier alpha value is -6.56. The predicted molar refractivity (Wildman–Crippen MR) is 224 cm³/mol. The van der Waals surface area contributed by atoms with Gasteiger partial charge in [0, 0.05) is 32.2 Å². The molecular formula is C48H36N4Si. The summed E-state index contributed by atoms with van der Waals surface area (Å²) in [5.74, 6) is 0. The van der Waals surface area contributed by atoms with Crippen molar-refractivity contribution in [2.45, 2.75) is 13.8 Å². The molecule has 0 spiro atoms. The molecule has 0 aliphatic rings. The summed E-state index contributed by atoms with van der Waals surface area (Å²) in [7, 11) is -3.02. The highest BCUT2D eigenvalue weighted by Gasteiger charge is 2.44. The Kier molecular flexibility index (Phi) is 7.23. The topological polar surface area (TPSA) is 35.6 Å². The molecule has 0 fully saturated rings. The molecule has 0 atom stereocenters. The minimum absolute atomic E-state index is 1.04. The van der Waals surface area contributed by atoms with Crippen LogP contribution in [-0.4, -0.2) is 27.2 Å². The van der Waals surface area contributed by atoms with E-state index in [0.29, 0.717) is 0 Å². The number of rotatable bonds is 6. The second kappa shape index (κ2) is 12.3. The van der Waals surface area contributed by atoms with Crippen molar-refractivity contribution in [3.8, 4) is 11.4 Å². The molecule has 4 aromatic heterocycles. The Bertz CT molecular complexity index is 2630. The van der Waals surface area contributed by atoms with Crippen molar-refractivity contribution in [2.24, 2.45) is 0 Å². The normalized spacial score (nSPS) is 12.0. The maximum Gasteiger partial charge on any atom is 0.223 e. The number of hydrogen-bond acceptors (Lipinski definition) is 2. The molecule has 10 rings (SSSR count). The van der Waals surface area contributed by atoms with Crippen molar-refractivity contribution in [3.05, 3.63) is 193 Å². The van der Waals surface area contributed by atoms with E-state index in [9.17, 15) is 0 Å². The number of aryl methyl sites for hydroxylation is 2. The van der Waals surface area contributed by atoms with Gasteiger partial charge in [-0.15, -0.1) is 0 Å². The van der Waals surface area contributed by atoms with Crippen LogP contribution in [0.5, 0.6) is 0 Å². The van der Waals surface area contributed by atoms with E-state index in [1.54, 1.807) is 0 Å². The highest BCUT2D eigenvalue weighted by Crippen LogP contribution is 2.33. The van der Waals surface area contributed by atoms with E-state index >= 15 is 0 Å². The van der Waals surface area contributed by atoms with E-state index in [4.69, 9.17) is 9.97 Å². The molecule has 0 saturated heterocycles. The molecule has 53 heavy (non-hydrogen) atoms. The molecule has 5 heteroatoms. The zero-order chi connectivity index (χ0) is 35.5. The first-order chi connectivity index (χ1) is 26.1. The van der Waals surface area contributed by atoms with E-state index in [2.05, 4.69) is 205 Å². The zero-order valence-corrected chi connectivity index (χ0v) is 30.6. The minimum atomic E-state index is -3.02. The second-order valence-electron chi connectivity index (χ2n) is 14.0. The van der Waals surface area contributed by atoms with Crippen molar-refractivity contribution in [3.63, 3.8) is 0 Å². The van der Waals surface area contributed by atoms with Gasteiger partial charge in [-0.2, -0.15) is 0 Å². The summed E-state index contributed by atoms with van der Waals surface area (Å²) >= 11 is 0. The van der Waals surface area contributed by atoms with Crippen molar-refractivity contribution < 1.29 is 0 Å². The fourth-order valence-electron chi connectivity index (χ4n) is 8.38. The summed E-state index contributed by atoms with van der Waals surface area (Å²) in [5, 5.41) is 9.55. The maximum atomic E-state index is 5.44. The summed E-state index contributed by atoms with van der Waals surface area (Å²) < 4.78 is 4.67. The van der Waals surface area contributed by atoms with Gasteiger partial charge in [-0.05, 0) is 72.8 Å². The molecule has 0 saturated carbocycles. The van der Waals surface area contributed by atoms with Crippen molar-refractivity contribution in [1.82, 2.24) is 19.1 Å². The SMILES string of the molecule is Cc1ccc([Si](c2ccc(C)cc2)(c2ccc(-n3c4ccccc4c4ccccc43)cn2)c2ccc(-n3c4ccccc4c4ccccc43)cn2)cc1. The van der Waals surface area contributed by atoms with Crippen molar-refractivity contribution in [1.29, 1.82) is 0 Å². The fourth-order valence-corrected chi connectivity index (χ4v) is 12.7. The molecule has 0 aliphatic heterocycles. The number of hydrogen-bond donors (Lipinski definition) is 0. The van der Waals surface area contributed by atoms with Crippen molar-refractivity contribution >= 4 is 72.7 Å². The maximum absolute atomic E-state index is 5.44. The molecule has 10 aromatic rings. The Balaban J connectivity index is 1.20. The monoisotopic (exact) mass is 696 g/mol. The molecule has 6 aromatic carbocycles.